The summed E-state index contributed by atoms with van der Waals surface area (Å²) in [6.45, 7) is 4.03. The molecule has 1 heterocycles. The first kappa shape index (κ1) is 17.2. The Morgan fingerprint density at radius 3 is 2.72 bits per heavy atom. The summed E-state index contributed by atoms with van der Waals surface area (Å²) in [5, 5.41) is 2.79. The van der Waals surface area contributed by atoms with Crippen molar-refractivity contribution in [2.75, 3.05) is 12.0 Å². The van der Waals surface area contributed by atoms with Crippen molar-refractivity contribution in [1.29, 1.82) is 0 Å². The van der Waals surface area contributed by atoms with Crippen molar-refractivity contribution in [1.82, 2.24) is 4.90 Å². The van der Waals surface area contributed by atoms with Gasteiger partial charge < -0.3 is 5.32 Å². The molecule has 25 heavy (non-hydrogen) atoms. The van der Waals surface area contributed by atoms with Crippen molar-refractivity contribution < 1.29 is 14.0 Å². The van der Waals surface area contributed by atoms with Crippen LogP contribution in [0.15, 0.2) is 47.4 Å². The van der Waals surface area contributed by atoms with Gasteiger partial charge in [-0.05, 0) is 66.6 Å². The number of hydrogen-bond acceptors (Lipinski definition) is 4. The van der Waals surface area contributed by atoms with E-state index < -0.39 is 0 Å². The molecule has 0 aromatic heterocycles. The fraction of sp³-hybridized carbons (Fsp3) is 0.158. The van der Waals surface area contributed by atoms with Gasteiger partial charge in [-0.25, -0.2) is 4.39 Å². The molecule has 6 heteroatoms. The Bertz CT molecular complexity index is 879. The van der Waals surface area contributed by atoms with Crippen LogP contribution >= 0.6 is 11.8 Å². The average molecular weight is 356 g/mol. The molecule has 2 amide bonds. The number of halogens is 1. The Morgan fingerprint density at radius 2 is 1.96 bits per heavy atom. The van der Waals surface area contributed by atoms with Crippen LogP contribution in [0.1, 0.15) is 16.7 Å². The molecule has 2 aromatic carbocycles. The Labute approximate surface area is 149 Å². The molecular formula is C19H17FN2O2S. The van der Waals surface area contributed by atoms with Crippen LogP contribution in [0, 0.1) is 19.7 Å². The molecule has 0 spiro atoms. The van der Waals surface area contributed by atoms with Crippen molar-refractivity contribution in [3.63, 3.8) is 0 Å². The van der Waals surface area contributed by atoms with E-state index in [0.29, 0.717) is 10.5 Å². The minimum atomic E-state index is -0.385. The van der Waals surface area contributed by atoms with E-state index in [2.05, 4.69) is 5.32 Å². The van der Waals surface area contributed by atoms with Gasteiger partial charge in [0.15, 0.2) is 0 Å². The number of imide groups is 1. The van der Waals surface area contributed by atoms with Crippen LogP contribution in [0.2, 0.25) is 0 Å². The van der Waals surface area contributed by atoms with Gasteiger partial charge in [0.25, 0.3) is 11.1 Å². The number of carbonyl (C=O) groups excluding carboxylic acids is 2. The lowest BCUT2D eigenvalue weighted by molar-refractivity contribution is -0.122. The summed E-state index contributed by atoms with van der Waals surface area (Å²) >= 11 is 0.861. The maximum absolute atomic E-state index is 13.3. The molecule has 3 rings (SSSR count). The zero-order valence-electron chi connectivity index (χ0n) is 13.9. The van der Waals surface area contributed by atoms with Crippen molar-refractivity contribution in [3.8, 4) is 0 Å². The zero-order chi connectivity index (χ0) is 18.0. The molecule has 1 saturated heterocycles. The number of benzene rings is 2. The highest BCUT2D eigenvalue weighted by atomic mass is 32.2. The van der Waals surface area contributed by atoms with Gasteiger partial charge in [-0.1, -0.05) is 24.3 Å². The molecule has 1 fully saturated rings. The number of hydrogen-bond donors (Lipinski definition) is 1. The molecule has 0 atom stereocenters. The number of nitrogens with one attached hydrogen (secondary N) is 1. The second-order valence-corrected chi connectivity index (χ2v) is 6.81. The Hall–Kier alpha value is -2.60. The maximum Gasteiger partial charge on any atom is 0.295 e. The van der Waals surface area contributed by atoms with Crippen LogP contribution in [0.5, 0.6) is 0 Å². The number of amides is 2. The van der Waals surface area contributed by atoms with Crippen LogP contribution in [-0.2, 0) is 4.79 Å². The fourth-order valence-corrected chi connectivity index (χ4v) is 3.31. The quantitative estimate of drug-likeness (QED) is 0.817. The van der Waals surface area contributed by atoms with Gasteiger partial charge >= 0.3 is 0 Å². The Morgan fingerprint density at radius 1 is 1.16 bits per heavy atom. The zero-order valence-corrected chi connectivity index (χ0v) is 14.7. The average Bonchev–Trinajstić information content (AvgIpc) is 2.82. The Kier molecular flexibility index (Phi) is 4.90. The molecule has 1 aliphatic heterocycles. The van der Waals surface area contributed by atoms with E-state index in [9.17, 15) is 14.0 Å². The lowest BCUT2D eigenvalue weighted by Crippen LogP contribution is -2.33. The lowest BCUT2D eigenvalue weighted by Gasteiger charge is -2.16. The van der Waals surface area contributed by atoms with E-state index >= 15 is 0 Å². The summed E-state index contributed by atoms with van der Waals surface area (Å²) in [5.41, 5.74) is 3.56. The summed E-state index contributed by atoms with van der Waals surface area (Å²) in [4.78, 5) is 26.0. The molecule has 0 radical (unpaired) electrons. The smallest absolute Gasteiger partial charge is 0.295 e. The Balaban J connectivity index is 1.74. The van der Waals surface area contributed by atoms with Gasteiger partial charge in [-0.15, -0.1) is 0 Å². The predicted octanol–water partition coefficient (Wildman–Crippen LogP) is 4.55. The van der Waals surface area contributed by atoms with Crippen LogP contribution in [0.25, 0.3) is 6.08 Å². The van der Waals surface area contributed by atoms with Crippen molar-refractivity contribution >= 4 is 34.7 Å². The maximum atomic E-state index is 13.3. The molecule has 0 aliphatic carbocycles. The third-order valence-corrected chi connectivity index (χ3v) is 4.75. The monoisotopic (exact) mass is 356 g/mol. The van der Waals surface area contributed by atoms with Gasteiger partial charge in [0.1, 0.15) is 5.82 Å². The van der Waals surface area contributed by atoms with E-state index in [0.717, 1.165) is 33.5 Å². The minimum Gasteiger partial charge on any atom is -0.367 e. The number of thioether (sulfide) groups is 1. The summed E-state index contributed by atoms with van der Waals surface area (Å²) < 4.78 is 13.3. The third-order valence-electron chi connectivity index (χ3n) is 3.84. The van der Waals surface area contributed by atoms with Gasteiger partial charge in [-0.3, -0.25) is 14.5 Å². The normalized spacial score (nSPS) is 16.0. The molecular weight excluding hydrogens is 339 g/mol. The lowest BCUT2D eigenvalue weighted by atomic mass is 10.1. The third kappa shape index (κ3) is 3.91. The summed E-state index contributed by atoms with van der Waals surface area (Å²) in [7, 11) is 0. The van der Waals surface area contributed by atoms with E-state index in [1.54, 1.807) is 12.1 Å². The highest BCUT2D eigenvalue weighted by Crippen LogP contribution is 2.32. The topological polar surface area (TPSA) is 49.4 Å². The molecule has 0 bridgehead atoms. The van der Waals surface area contributed by atoms with Crippen LogP contribution in [0.4, 0.5) is 14.9 Å². The minimum absolute atomic E-state index is 0.0927. The fourth-order valence-electron chi connectivity index (χ4n) is 2.47. The van der Waals surface area contributed by atoms with Crippen LogP contribution in [-0.4, -0.2) is 22.7 Å². The second kappa shape index (κ2) is 7.11. The largest absolute Gasteiger partial charge is 0.367 e. The molecule has 1 aliphatic rings. The van der Waals surface area contributed by atoms with E-state index in [1.807, 2.05) is 32.0 Å². The number of nitrogens with zero attached hydrogens (tertiary/aromatic N) is 1. The number of aryl methyl sites for hydroxylation is 2. The molecule has 1 N–H and O–H groups in total. The molecule has 0 saturated carbocycles. The van der Waals surface area contributed by atoms with Crippen LogP contribution in [0.3, 0.4) is 0 Å². The highest BCUT2D eigenvalue weighted by Gasteiger charge is 2.34. The van der Waals surface area contributed by atoms with E-state index in [4.69, 9.17) is 0 Å². The predicted molar refractivity (Wildman–Crippen MR) is 98.6 cm³/mol. The first-order valence-electron chi connectivity index (χ1n) is 7.76. The summed E-state index contributed by atoms with van der Waals surface area (Å²) in [6, 6.07) is 11.9. The summed E-state index contributed by atoms with van der Waals surface area (Å²) in [6.07, 6.45) is 1.53. The van der Waals surface area contributed by atoms with Gasteiger partial charge in [0, 0.05) is 5.69 Å². The second-order valence-electron chi connectivity index (χ2n) is 5.82. The highest BCUT2D eigenvalue weighted by molar-refractivity contribution is 8.18. The first-order valence-corrected chi connectivity index (χ1v) is 8.58. The standard InChI is InChI=1S/C19H17FN2O2S/c1-12-6-7-13(2)16(8-12)21-11-22-18(23)17(25-19(22)24)10-14-4-3-5-15(20)9-14/h3-10,21H,11H2,1-2H3/b17-10-. The van der Waals surface area contributed by atoms with E-state index in [1.165, 1.54) is 18.2 Å². The first-order chi connectivity index (χ1) is 11.9. The molecule has 2 aromatic rings. The van der Waals surface area contributed by atoms with Gasteiger partial charge in [0.2, 0.25) is 0 Å². The summed E-state index contributed by atoms with van der Waals surface area (Å²) in [5.74, 6) is -0.762. The van der Waals surface area contributed by atoms with Crippen molar-refractivity contribution in [2.24, 2.45) is 0 Å². The molecule has 0 unspecified atom stereocenters. The van der Waals surface area contributed by atoms with Gasteiger partial charge in [0.05, 0.1) is 11.6 Å². The van der Waals surface area contributed by atoms with Crippen molar-refractivity contribution in [2.45, 2.75) is 13.8 Å². The van der Waals surface area contributed by atoms with Crippen molar-refractivity contribution in [3.05, 3.63) is 69.9 Å². The van der Waals surface area contributed by atoms with Gasteiger partial charge in [-0.2, -0.15) is 0 Å². The number of anilines is 1. The number of rotatable bonds is 4. The number of carbonyl (C=O) groups is 2. The molecule has 4 nitrogen and oxygen atoms in total. The van der Waals surface area contributed by atoms with Crippen LogP contribution < -0.4 is 5.32 Å². The molecule has 128 valence electrons. The van der Waals surface area contributed by atoms with E-state index in [-0.39, 0.29) is 23.6 Å². The SMILES string of the molecule is Cc1ccc(C)c(NCN2C(=O)S/C(=C\c3cccc(F)c3)C2=O)c1.